The standard InChI is InChI=1S/2C6H8O2.Na/c2*1-2-3-4-5-6(7)8;/h2*2-5H,1H3,(H,7,8);/q;;+1/p-1. The SMILES string of the molecule is CC=CC=CC(=O)O.CC=CC=CC(=O)[O-].[Na+]. The minimum absolute atomic E-state index is 0. The van der Waals surface area contributed by atoms with Crippen LogP contribution in [0.4, 0.5) is 0 Å². The molecule has 0 aromatic carbocycles. The summed E-state index contributed by atoms with van der Waals surface area (Å²) >= 11 is 0. The van der Waals surface area contributed by atoms with Gasteiger partial charge in [0.25, 0.3) is 0 Å². The van der Waals surface area contributed by atoms with Crippen LogP contribution in [0.25, 0.3) is 0 Å². The molecule has 4 nitrogen and oxygen atoms in total. The largest absolute Gasteiger partial charge is 1.00 e. The van der Waals surface area contributed by atoms with Crippen molar-refractivity contribution < 1.29 is 49.4 Å². The molecule has 0 saturated carbocycles. The molecule has 0 spiro atoms. The van der Waals surface area contributed by atoms with Crippen LogP contribution in [0.1, 0.15) is 13.8 Å². The third-order valence-electron chi connectivity index (χ3n) is 1.08. The van der Waals surface area contributed by atoms with Gasteiger partial charge < -0.3 is 15.0 Å². The zero-order valence-corrected chi connectivity index (χ0v) is 12.3. The van der Waals surface area contributed by atoms with E-state index in [-0.39, 0.29) is 29.6 Å². The molecule has 0 fully saturated rings. The molecular weight excluding hydrogens is 231 g/mol. The maximum atomic E-state index is 9.75. The molecule has 0 atom stereocenters. The summed E-state index contributed by atoms with van der Waals surface area (Å²) in [6, 6.07) is 0. The van der Waals surface area contributed by atoms with Crippen molar-refractivity contribution in [3.63, 3.8) is 0 Å². The van der Waals surface area contributed by atoms with Gasteiger partial charge in [-0.3, -0.25) is 0 Å². The fraction of sp³-hybridized carbons (Fsp3) is 0.167. The predicted molar refractivity (Wildman–Crippen MR) is 60.6 cm³/mol. The second-order valence-electron chi connectivity index (χ2n) is 2.43. The molecule has 17 heavy (non-hydrogen) atoms. The number of allylic oxidation sites excluding steroid dienone is 6. The van der Waals surface area contributed by atoms with Crippen molar-refractivity contribution >= 4 is 11.9 Å². The Hall–Kier alpha value is -1.10. The first-order valence-electron chi connectivity index (χ1n) is 4.57. The number of hydrogen-bond donors (Lipinski definition) is 1. The number of hydrogen-bond acceptors (Lipinski definition) is 3. The first kappa shape index (κ1) is 21.2. The van der Waals surface area contributed by atoms with Crippen LogP contribution in [0.15, 0.2) is 48.6 Å². The molecule has 88 valence electrons. The molecular formula is C12H15NaO4. The summed E-state index contributed by atoms with van der Waals surface area (Å²) in [4.78, 5) is 19.4. The maximum absolute atomic E-state index is 9.75. The van der Waals surface area contributed by atoms with Crippen molar-refractivity contribution in [2.45, 2.75) is 13.8 Å². The monoisotopic (exact) mass is 246 g/mol. The van der Waals surface area contributed by atoms with E-state index >= 15 is 0 Å². The van der Waals surface area contributed by atoms with E-state index in [9.17, 15) is 14.7 Å². The molecule has 0 saturated heterocycles. The van der Waals surface area contributed by atoms with Gasteiger partial charge in [-0.05, 0) is 19.9 Å². The summed E-state index contributed by atoms with van der Waals surface area (Å²) in [5.74, 6) is -2.08. The minimum Gasteiger partial charge on any atom is -0.545 e. The Bertz CT molecular complexity index is 282. The van der Waals surface area contributed by atoms with Gasteiger partial charge in [0.1, 0.15) is 0 Å². The van der Waals surface area contributed by atoms with Crippen LogP contribution < -0.4 is 34.7 Å². The van der Waals surface area contributed by atoms with Crippen molar-refractivity contribution in [2.24, 2.45) is 0 Å². The summed E-state index contributed by atoms with van der Waals surface area (Å²) in [5, 5.41) is 17.7. The molecule has 0 aliphatic heterocycles. The first-order chi connectivity index (χ1) is 7.54. The average molecular weight is 246 g/mol. The van der Waals surface area contributed by atoms with Crippen LogP contribution in [0, 0.1) is 0 Å². The van der Waals surface area contributed by atoms with Crippen molar-refractivity contribution in [3.05, 3.63) is 48.6 Å². The summed E-state index contributed by atoms with van der Waals surface area (Å²) in [5.41, 5.74) is 0. The summed E-state index contributed by atoms with van der Waals surface area (Å²) in [6.07, 6.45) is 11.7. The smallest absolute Gasteiger partial charge is 0.545 e. The molecule has 0 aromatic rings. The van der Waals surface area contributed by atoms with E-state index in [2.05, 4.69) is 0 Å². The molecule has 0 unspecified atom stereocenters. The quantitative estimate of drug-likeness (QED) is 0.356. The van der Waals surface area contributed by atoms with Gasteiger partial charge in [-0.15, -0.1) is 0 Å². The second kappa shape index (κ2) is 17.3. The zero-order valence-electron chi connectivity index (χ0n) is 10.3. The van der Waals surface area contributed by atoms with Gasteiger partial charge in [0.2, 0.25) is 0 Å². The first-order valence-corrected chi connectivity index (χ1v) is 4.57. The minimum atomic E-state index is -1.16. The molecule has 1 N–H and O–H groups in total. The van der Waals surface area contributed by atoms with E-state index < -0.39 is 11.9 Å². The van der Waals surface area contributed by atoms with Crippen LogP contribution in [-0.4, -0.2) is 17.0 Å². The predicted octanol–water partition coefficient (Wildman–Crippen LogP) is -1.92. The Balaban J connectivity index is -0.000000218. The molecule has 0 aliphatic carbocycles. The van der Waals surface area contributed by atoms with E-state index in [0.717, 1.165) is 12.2 Å². The third kappa shape index (κ3) is 31.3. The molecule has 0 heterocycles. The van der Waals surface area contributed by atoms with Gasteiger partial charge in [-0.25, -0.2) is 4.79 Å². The number of aliphatic carboxylic acids is 2. The Kier molecular flexibility index (Phi) is 21.6. The van der Waals surface area contributed by atoms with E-state index in [1.54, 1.807) is 31.2 Å². The third-order valence-corrected chi connectivity index (χ3v) is 1.08. The van der Waals surface area contributed by atoms with Crippen molar-refractivity contribution in [1.29, 1.82) is 0 Å². The fourth-order valence-corrected chi connectivity index (χ4v) is 0.494. The van der Waals surface area contributed by atoms with Gasteiger partial charge in [0, 0.05) is 6.08 Å². The normalized spacial score (nSPS) is 10.5. The summed E-state index contributed by atoms with van der Waals surface area (Å²) < 4.78 is 0. The number of carbonyl (C=O) groups excluding carboxylic acids is 1. The number of carboxylic acid groups (broad SMARTS) is 2. The van der Waals surface area contributed by atoms with Gasteiger partial charge >= 0.3 is 35.5 Å². The molecule has 0 amide bonds. The van der Waals surface area contributed by atoms with Crippen molar-refractivity contribution in [1.82, 2.24) is 0 Å². The van der Waals surface area contributed by atoms with E-state index in [0.29, 0.717) is 0 Å². The fourth-order valence-electron chi connectivity index (χ4n) is 0.494. The van der Waals surface area contributed by atoms with Gasteiger partial charge in [0.05, 0.1) is 5.97 Å². The van der Waals surface area contributed by atoms with E-state index in [4.69, 9.17) is 5.11 Å². The van der Waals surface area contributed by atoms with Gasteiger partial charge in [0.15, 0.2) is 0 Å². The number of carbonyl (C=O) groups is 2. The van der Waals surface area contributed by atoms with Crippen LogP contribution in [0.2, 0.25) is 0 Å². The second-order valence-corrected chi connectivity index (χ2v) is 2.43. The topological polar surface area (TPSA) is 77.4 Å². The van der Waals surface area contributed by atoms with Crippen LogP contribution >= 0.6 is 0 Å². The number of rotatable bonds is 4. The molecule has 0 aromatic heterocycles. The molecule has 0 bridgehead atoms. The van der Waals surface area contributed by atoms with Crippen LogP contribution in [-0.2, 0) is 9.59 Å². The van der Waals surface area contributed by atoms with Gasteiger partial charge in [-0.2, -0.15) is 0 Å². The van der Waals surface area contributed by atoms with E-state index in [1.165, 1.54) is 12.2 Å². The maximum Gasteiger partial charge on any atom is 1.00 e. The zero-order chi connectivity index (χ0) is 12.8. The molecule has 0 aliphatic rings. The Morgan fingerprint density at radius 3 is 1.65 bits per heavy atom. The van der Waals surface area contributed by atoms with Crippen molar-refractivity contribution in [3.8, 4) is 0 Å². The summed E-state index contributed by atoms with van der Waals surface area (Å²) in [7, 11) is 0. The van der Waals surface area contributed by atoms with Crippen molar-refractivity contribution in [2.75, 3.05) is 0 Å². The number of carboxylic acids is 2. The summed E-state index contributed by atoms with van der Waals surface area (Å²) in [6.45, 7) is 3.63. The van der Waals surface area contributed by atoms with E-state index in [1.807, 2.05) is 6.92 Å². The Labute approximate surface area is 123 Å². The van der Waals surface area contributed by atoms with Gasteiger partial charge in [-0.1, -0.05) is 36.5 Å². The average Bonchev–Trinajstić information content (AvgIpc) is 2.18. The Morgan fingerprint density at radius 2 is 1.35 bits per heavy atom. The Morgan fingerprint density at radius 1 is 0.941 bits per heavy atom. The molecule has 5 heteroatoms. The molecule has 0 radical (unpaired) electrons. The van der Waals surface area contributed by atoms with Crippen LogP contribution in [0.3, 0.4) is 0 Å². The van der Waals surface area contributed by atoms with Crippen LogP contribution in [0.5, 0.6) is 0 Å². The molecule has 0 rings (SSSR count).